The van der Waals surface area contributed by atoms with Crippen molar-refractivity contribution in [3.8, 4) is 0 Å². The second-order valence-electron chi connectivity index (χ2n) is 2.83. The molecule has 1 aliphatic rings. The van der Waals surface area contributed by atoms with E-state index in [0.717, 1.165) is 5.56 Å². The summed E-state index contributed by atoms with van der Waals surface area (Å²) in [7, 11) is 0. The zero-order chi connectivity index (χ0) is 9.42. The average molecular weight is 196 g/mol. The van der Waals surface area contributed by atoms with Crippen molar-refractivity contribution in [2.45, 2.75) is 6.54 Å². The molecule has 1 heterocycles. The van der Waals surface area contributed by atoms with E-state index in [1.807, 2.05) is 0 Å². The summed E-state index contributed by atoms with van der Waals surface area (Å²) in [5.74, 6) is -0.0939. The lowest BCUT2D eigenvalue weighted by atomic mass is 10.1. The second-order valence-corrected chi connectivity index (χ2v) is 3.17. The maximum absolute atomic E-state index is 11.1. The third-order valence-electron chi connectivity index (χ3n) is 2.02. The Morgan fingerprint density at radius 3 is 2.92 bits per heavy atom. The van der Waals surface area contributed by atoms with Crippen LogP contribution in [0, 0.1) is 0 Å². The molecule has 1 amide bonds. The number of halogens is 1. The molecule has 3 nitrogen and oxygen atoms in total. The first-order valence-corrected chi connectivity index (χ1v) is 4.17. The molecular weight excluding hydrogens is 190 g/mol. The third-order valence-corrected chi connectivity index (χ3v) is 2.23. The fourth-order valence-corrected chi connectivity index (χ4v) is 1.47. The highest BCUT2D eigenvalue weighted by Crippen LogP contribution is 2.17. The molecule has 0 bridgehead atoms. The van der Waals surface area contributed by atoms with Crippen LogP contribution in [0.15, 0.2) is 18.2 Å². The van der Waals surface area contributed by atoms with Crippen molar-refractivity contribution in [3.05, 3.63) is 34.9 Å². The first-order valence-electron chi connectivity index (χ1n) is 3.79. The number of hydrogen-bond donors (Lipinski definition) is 1. The van der Waals surface area contributed by atoms with Crippen molar-refractivity contribution in [2.24, 2.45) is 0 Å². The van der Waals surface area contributed by atoms with Gasteiger partial charge in [0.15, 0.2) is 0 Å². The van der Waals surface area contributed by atoms with E-state index in [1.54, 1.807) is 18.2 Å². The molecule has 0 aliphatic carbocycles. The molecule has 1 aromatic rings. The van der Waals surface area contributed by atoms with Crippen LogP contribution in [0.3, 0.4) is 0 Å². The van der Waals surface area contributed by atoms with Crippen LogP contribution >= 0.6 is 11.6 Å². The fraction of sp³-hybridized carbons (Fsp3) is 0.111. The molecule has 0 spiro atoms. The lowest BCUT2D eigenvalue weighted by molar-refractivity contribution is 0.0965. The molecule has 0 atom stereocenters. The van der Waals surface area contributed by atoms with Gasteiger partial charge in [-0.2, -0.15) is 0 Å². The summed E-state index contributed by atoms with van der Waals surface area (Å²) in [4.78, 5) is 21.9. The molecule has 0 fully saturated rings. The molecule has 1 aromatic carbocycles. The van der Waals surface area contributed by atoms with Crippen molar-refractivity contribution in [3.63, 3.8) is 0 Å². The molecule has 0 saturated heterocycles. The summed E-state index contributed by atoms with van der Waals surface area (Å²) in [6.45, 7) is 0.478. The van der Waals surface area contributed by atoms with E-state index >= 15 is 0 Å². The number of rotatable bonds is 1. The van der Waals surface area contributed by atoms with Crippen molar-refractivity contribution >= 4 is 22.8 Å². The fourth-order valence-electron chi connectivity index (χ4n) is 1.35. The van der Waals surface area contributed by atoms with Gasteiger partial charge in [-0.05, 0) is 35.4 Å². The minimum atomic E-state index is -0.498. The molecule has 13 heavy (non-hydrogen) atoms. The summed E-state index contributed by atoms with van der Waals surface area (Å²) < 4.78 is 0. The lowest BCUT2D eigenvalue weighted by Gasteiger charge is -1.97. The summed E-state index contributed by atoms with van der Waals surface area (Å²) in [6.07, 6.45) is 0. The summed E-state index contributed by atoms with van der Waals surface area (Å²) >= 11 is 5.30. The number of carbonyl (C=O) groups is 2. The molecule has 0 radical (unpaired) electrons. The Kier molecular flexibility index (Phi) is 1.81. The highest BCUT2D eigenvalue weighted by Gasteiger charge is 2.19. The van der Waals surface area contributed by atoms with Crippen LogP contribution < -0.4 is 5.32 Å². The number of fused-ring (bicyclic) bond motifs is 1. The van der Waals surface area contributed by atoms with Crippen molar-refractivity contribution in [1.29, 1.82) is 0 Å². The van der Waals surface area contributed by atoms with Crippen LogP contribution in [0.4, 0.5) is 0 Å². The topological polar surface area (TPSA) is 46.2 Å². The van der Waals surface area contributed by atoms with E-state index in [-0.39, 0.29) is 5.91 Å². The molecule has 0 saturated carbocycles. The number of nitrogens with one attached hydrogen (secondary N) is 1. The van der Waals surface area contributed by atoms with Crippen molar-refractivity contribution < 1.29 is 9.59 Å². The Bertz CT molecular complexity index is 401. The number of benzene rings is 1. The smallest absolute Gasteiger partial charge is 0.252 e. The van der Waals surface area contributed by atoms with E-state index in [1.165, 1.54) is 0 Å². The molecule has 66 valence electrons. The van der Waals surface area contributed by atoms with Gasteiger partial charge in [-0.15, -0.1) is 0 Å². The summed E-state index contributed by atoms with van der Waals surface area (Å²) in [5.41, 5.74) is 1.88. The molecule has 1 N–H and O–H groups in total. The van der Waals surface area contributed by atoms with E-state index in [9.17, 15) is 9.59 Å². The highest BCUT2D eigenvalue weighted by molar-refractivity contribution is 6.67. The molecule has 4 heteroatoms. The van der Waals surface area contributed by atoms with Crippen molar-refractivity contribution in [2.75, 3.05) is 0 Å². The summed E-state index contributed by atoms with van der Waals surface area (Å²) in [5, 5.41) is 2.16. The lowest BCUT2D eigenvalue weighted by Crippen LogP contribution is -2.12. The number of amides is 1. The van der Waals surface area contributed by atoms with Gasteiger partial charge in [0.1, 0.15) is 0 Å². The molecule has 0 unspecified atom stereocenters. The van der Waals surface area contributed by atoms with E-state index in [0.29, 0.717) is 17.7 Å². The van der Waals surface area contributed by atoms with E-state index in [4.69, 9.17) is 11.6 Å². The zero-order valence-electron chi connectivity index (χ0n) is 6.63. The molecule has 2 rings (SSSR count). The third kappa shape index (κ3) is 1.31. The Balaban J connectivity index is 2.51. The monoisotopic (exact) mass is 195 g/mol. The first kappa shape index (κ1) is 8.26. The largest absolute Gasteiger partial charge is 0.348 e. The predicted molar refractivity (Wildman–Crippen MR) is 47.8 cm³/mol. The number of hydrogen-bond acceptors (Lipinski definition) is 2. The van der Waals surface area contributed by atoms with E-state index < -0.39 is 5.24 Å². The van der Waals surface area contributed by atoms with Crippen LogP contribution in [0.2, 0.25) is 0 Å². The van der Waals surface area contributed by atoms with Crippen molar-refractivity contribution in [1.82, 2.24) is 5.32 Å². The standard InChI is InChI=1S/C9H6ClNO2/c10-8(12)5-1-2-7-6(3-5)4-11-9(7)13/h1-3H,4H2,(H,11,13). The van der Waals surface area contributed by atoms with Gasteiger partial charge >= 0.3 is 0 Å². The second kappa shape index (κ2) is 2.85. The van der Waals surface area contributed by atoms with Gasteiger partial charge in [-0.1, -0.05) is 0 Å². The minimum absolute atomic E-state index is 0.0939. The maximum Gasteiger partial charge on any atom is 0.252 e. The Morgan fingerprint density at radius 1 is 1.46 bits per heavy atom. The Labute approximate surface area is 79.7 Å². The normalized spacial score (nSPS) is 13.8. The quantitative estimate of drug-likeness (QED) is 0.687. The van der Waals surface area contributed by atoms with Crippen LogP contribution in [0.25, 0.3) is 0 Å². The maximum atomic E-state index is 11.1. The Hall–Kier alpha value is -1.35. The van der Waals surface area contributed by atoms with Gasteiger partial charge in [-0.3, -0.25) is 9.59 Å². The summed E-state index contributed by atoms with van der Waals surface area (Å²) in [6, 6.07) is 4.81. The van der Waals surface area contributed by atoms with Crippen LogP contribution in [0.5, 0.6) is 0 Å². The van der Waals surface area contributed by atoms with Gasteiger partial charge in [0, 0.05) is 17.7 Å². The number of carbonyl (C=O) groups excluding carboxylic acids is 2. The average Bonchev–Trinajstić information content (AvgIpc) is 2.47. The SMILES string of the molecule is O=C(Cl)c1ccc2c(c1)CNC2=O. The molecular formula is C9H6ClNO2. The van der Waals surface area contributed by atoms with Crippen LogP contribution in [-0.4, -0.2) is 11.1 Å². The van der Waals surface area contributed by atoms with E-state index in [2.05, 4.69) is 5.32 Å². The van der Waals surface area contributed by atoms with Gasteiger partial charge in [-0.25, -0.2) is 0 Å². The van der Waals surface area contributed by atoms with Crippen LogP contribution in [-0.2, 0) is 6.54 Å². The first-order chi connectivity index (χ1) is 6.18. The zero-order valence-corrected chi connectivity index (χ0v) is 7.39. The van der Waals surface area contributed by atoms with Gasteiger partial charge < -0.3 is 5.32 Å². The van der Waals surface area contributed by atoms with Crippen LogP contribution in [0.1, 0.15) is 26.3 Å². The molecule has 1 aliphatic heterocycles. The molecule has 0 aromatic heterocycles. The van der Waals surface area contributed by atoms with Gasteiger partial charge in [0.2, 0.25) is 0 Å². The van der Waals surface area contributed by atoms with Gasteiger partial charge in [0.25, 0.3) is 11.1 Å². The van der Waals surface area contributed by atoms with Gasteiger partial charge in [0.05, 0.1) is 0 Å². The minimum Gasteiger partial charge on any atom is -0.348 e. The Morgan fingerprint density at radius 2 is 2.23 bits per heavy atom. The highest BCUT2D eigenvalue weighted by atomic mass is 35.5. The predicted octanol–water partition coefficient (Wildman–Crippen LogP) is 1.31.